The van der Waals surface area contributed by atoms with Crippen molar-refractivity contribution in [3.05, 3.63) is 64.8 Å². The van der Waals surface area contributed by atoms with E-state index in [0.29, 0.717) is 44.3 Å². The van der Waals surface area contributed by atoms with E-state index in [9.17, 15) is 9.59 Å². The zero-order valence-corrected chi connectivity index (χ0v) is 16.8. The number of nitrogens with zero attached hydrogens (tertiary/aromatic N) is 2. The molecule has 1 aliphatic heterocycles. The number of benzene rings is 1. The van der Waals surface area contributed by atoms with Crippen LogP contribution in [0.1, 0.15) is 28.4 Å². The number of carbonyl (C=O) groups excluding carboxylic acids is 2. The molecule has 0 bridgehead atoms. The van der Waals surface area contributed by atoms with Gasteiger partial charge >= 0.3 is 0 Å². The summed E-state index contributed by atoms with van der Waals surface area (Å²) in [4.78, 5) is 32.1. The maximum atomic E-state index is 12.8. The number of aromatic nitrogens is 1. The van der Waals surface area contributed by atoms with Crippen molar-refractivity contribution in [2.75, 3.05) is 19.8 Å². The van der Waals surface area contributed by atoms with Gasteiger partial charge in [-0.05, 0) is 11.4 Å². The molecule has 0 spiro atoms. The molecule has 3 heterocycles. The Hall–Kier alpha value is -2.77. The van der Waals surface area contributed by atoms with Crippen LogP contribution in [0.3, 0.4) is 0 Å². The molecule has 1 aromatic carbocycles. The van der Waals surface area contributed by atoms with Gasteiger partial charge in [0.25, 0.3) is 0 Å². The molecular formula is C22H22N2O4S. The van der Waals surface area contributed by atoms with Crippen LogP contribution in [-0.2, 0) is 16.0 Å². The van der Waals surface area contributed by atoms with Crippen molar-refractivity contribution in [1.29, 1.82) is 0 Å². The van der Waals surface area contributed by atoms with Crippen LogP contribution in [0.25, 0.3) is 11.3 Å². The molecule has 1 fully saturated rings. The first kappa shape index (κ1) is 19.5. The van der Waals surface area contributed by atoms with Crippen molar-refractivity contribution in [1.82, 2.24) is 9.88 Å². The summed E-state index contributed by atoms with van der Waals surface area (Å²) < 4.78 is 11.3. The summed E-state index contributed by atoms with van der Waals surface area (Å²) in [6, 6.07) is 13.2. The molecule has 1 saturated heterocycles. The Kier molecular flexibility index (Phi) is 6.17. The van der Waals surface area contributed by atoms with E-state index >= 15 is 0 Å². The average Bonchev–Trinajstić information content (AvgIpc) is 3.45. The minimum atomic E-state index is -0.227. The normalized spacial score (nSPS) is 16.7. The molecule has 4 rings (SSSR count). The van der Waals surface area contributed by atoms with Crippen molar-refractivity contribution >= 4 is 23.0 Å². The number of morpholine rings is 1. The number of thiophene rings is 1. The Balaban J connectivity index is 1.35. The van der Waals surface area contributed by atoms with Crippen LogP contribution in [0.4, 0.5) is 0 Å². The van der Waals surface area contributed by atoms with Gasteiger partial charge in [-0.3, -0.25) is 9.59 Å². The molecule has 1 aliphatic rings. The van der Waals surface area contributed by atoms with Crippen LogP contribution in [0.2, 0.25) is 0 Å². The third kappa shape index (κ3) is 4.81. The van der Waals surface area contributed by atoms with Crippen LogP contribution in [-0.4, -0.2) is 47.4 Å². The number of carbonyl (C=O) groups is 2. The van der Waals surface area contributed by atoms with E-state index in [4.69, 9.17) is 9.15 Å². The lowest BCUT2D eigenvalue weighted by Gasteiger charge is -2.35. The van der Waals surface area contributed by atoms with E-state index < -0.39 is 0 Å². The van der Waals surface area contributed by atoms with E-state index in [1.807, 2.05) is 47.8 Å². The van der Waals surface area contributed by atoms with Crippen molar-refractivity contribution in [3.8, 4) is 11.3 Å². The van der Waals surface area contributed by atoms with Crippen LogP contribution >= 0.6 is 11.3 Å². The second-order valence-electron chi connectivity index (χ2n) is 6.90. The summed E-state index contributed by atoms with van der Waals surface area (Å²) in [6.45, 7) is 1.38. The molecule has 0 saturated carbocycles. The number of Topliss-reactive ketones (excluding diaryl/α,β-unsaturated/α-hetero) is 1. The number of aryl methyl sites for hydroxylation is 1. The molecule has 6 nitrogen and oxygen atoms in total. The van der Waals surface area contributed by atoms with Crippen LogP contribution < -0.4 is 0 Å². The SMILES string of the molecule is O=C(C[C@H]1COCCN1C(=O)CCc1ncc(-c2ccccc2)o1)c1cccs1. The number of hydrogen-bond donors (Lipinski definition) is 0. The van der Waals surface area contributed by atoms with Gasteiger partial charge < -0.3 is 14.1 Å². The third-order valence-electron chi connectivity index (χ3n) is 4.93. The van der Waals surface area contributed by atoms with Gasteiger partial charge in [-0.25, -0.2) is 4.98 Å². The summed E-state index contributed by atoms with van der Waals surface area (Å²) in [7, 11) is 0. The van der Waals surface area contributed by atoms with Crippen LogP contribution in [0.5, 0.6) is 0 Å². The molecule has 0 N–H and O–H groups in total. The lowest BCUT2D eigenvalue weighted by atomic mass is 10.1. The molecule has 3 aromatic rings. The molecule has 7 heteroatoms. The van der Waals surface area contributed by atoms with E-state index in [1.165, 1.54) is 11.3 Å². The molecular weight excluding hydrogens is 388 g/mol. The second kappa shape index (κ2) is 9.15. The predicted octanol–water partition coefficient (Wildman–Crippen LogP) is 3.84. The molecule has 1 atom stereocenters. The largest absolute Gasteiger partial charge is 0.441 e. The highest BCUT2D eigenvalue weighted by atomic mass is 32.1. The Labute approximate surface area is 173 Å². The smallest absolute Gasteiger partial charge is 0.223 e. The lowest BCUT2D eigenvalue weighted by Crippen LogP contribution is -2.49. The van der Waals surface area contributed by atoms with Gasteiger partial charge in [0.1, 0.15) is 0 Å². The molecule has 0 radical (unpaired) electrons. The summed E-state index contributed by atoms with van der Waals surface area (Å²) >= 11 is 1.42. The van der Waals surface area contributed by atoms with Gasteiger partial charge in [0.15, 0.2) is 17.4 Å². The fourth-order valence-corrected chi connectivity index (χ4v) is 4.10. The third-order valence-corrected chi connectivity index (χ3v) is 5.84. The molecule has 2 aromatic heterocycles. The van der Waals surface area contributed by atoms with E-state index in [0.717, 1.165) is 10.4 Å². The fourth-order valence-electron chi connectivity index (χ4n) is 3.42. The topological polar surface area (TPSA) is 72.6 Å². The number of oxazole rings is 1. The van der Waals surface area contributed by atoms with Gasteiger partial charge in [0, 0.05) is 31.4 Å². The molecule has 0 unspecified atom stereocenters. The van der Waals surface area contributed by atoms with Crippen molar-refractivity contribution in [2.24, 2.45) is 0 Å². The first-order valence-corrected chi connectivity index (χ1v) is 10.5. The maximum absolute atomic E-state index is 12.8. The Morgan fingerprint density at radius 3 is 2.83 bits per heavy atom. The summed E-state index contributed by atoms with van der Waals surface area (Å²) in [5.41, 5.74) is 0.956. The highest BCUT2D eigenvalue weighted by Crippen LogP contribution is 2.21. The second-order valence-corrected chi connectivity index (χ2v) is 7.85. The number of ketones is 1. The van der Waals surface area contributed by atoms with E-state index in [-0.39, 0.29) is 24.2 Å². The number of hydrogen-bond acceptors (Lipinski definition) is 6. The minimum absolute atomic E-state index is 0.00302. The number of ether oxygens (including phenoxy) is 1. The van der Waals surface area contributed by atoms with Crippen LogP contribution in [0, 0.1) is 0 Å². The summed E-state index contributed by atoms with van der Waals surface area (Å²) in [6.07, 6.45) is 2.68. The van der Waals surface area contributed by atoms with Gasteiger partial charge in [0.05, 0.1) is 30.3 Å². The predicted molar refractivity (Wildman–Crippen MR) is 110 cm³/mol. The standard InChI is InChI=1S/C22H22N2O4S/c25-18(20-7-4-12-29-20)13-17-15-27-11-10-24(17)22(26)9-8-21-23-14-19(28-21)16-5-2-1-3-6-16/h1-7,12,14,17H,8-11,13,15H2/t17-/m0/s1. The van der Waals surface area contributed by atoms with Gasteiger partial charge in [-0.1, -0.05) is 36.4 Å². The molecule has 29 heavy (non-hydrogen) atoms. The Morgan fingerprint density at radius 1 is 1.17 bits per heavy atom. The van der Waals surface area contributed by atoms with E-state index in [2.05, 4.69) is 4.98 Å². The van der Waals surface area contributed by atoms with Crippen LogP contribution in [0.15, 0.2) is 58.5 Å². The van der Waals surface area contributed by atoms with Crippen molar-refractivity contribution in [2.45, 2.75) is 25.3 Å². The lowest BCUT2D eigenvalue weighted by molar-refractivity contribution is -0.139. The highest BCUT2D eigenvalue weighted by molar-refractivity contribution is 7.12. The first-order valence-electron chi connectivity index (χ1n) is 9.65. The quantitative estimate of drug-likeness (QED) is 0.554. The zero-order chi connectivity index (χ0) is 20.1. The molecule has 0 aliphatic carbocycles. The average molecular weight is 410 g/mol. The van der Waals surface area contributed by atoms with E-state index in [1.54, 1.807) is 11.1 Å². The minimum Gasteiger partial charge on any atom is -0.441 e. The van der Waals surface area contributed by atoms with Gasteiger partial charge in [-0.2, -0.15) is 0 Å². The van der Waals surface area contributed by atoms with Crippen molar-refractivity contribution < 1.29 is 18.7 Å². The molecule has 150 valence electrons. The summed E-state index contributed by atoms with van der Waals surface area (Å²) in [5, 5.41) is 1.88. The highest BCUT2D eigenvalue weighted by Gasteiger charge is 2.29. The number of amides is 1. The zero-order valence-electron chi connectivity index (χ0n) is 16.0. The maximum Gasteiger partial charge on any atom is 0.223 e. The number of rotatable bonds is 7. The monoisotopic (exact) mass is 410 g/mol. The van der Waals surface area contributed by atoms with Gasteiger partial charge in [0.2, 0.25) is 5.91 Å². The first-order chi connectivity index (χ1) is 14.2. The fraction of sp³-hybridized carbons (Fsp3) is 0.318. The van der Waals surface area contributed by atoms with Crippen molar-refractivity contribution in [3.63, 3.8) is 0 Å². The molecule has 1 amide bonds. The Bertz CT molecular complexity index is 952. The summed E-state index contributed by atoms with van der Waals surface area (Å²) in [5.74, 6) is 1.28. The Morgan fingerprint density at radius 2 is 2.03 bits per heavy atom. The van der Waals surface area contributed by atoms with Gasteiger partial charge in [-0.15, -0.1) is 11.3 Å².